The van der Waals surface area contributed by atoms with E-state index in [4.69, 9.17) is 5.73 Å². The van der Waals surface area contributed by atoms with Crippen LogP contribution < -0.4 is 16.0 Å². The van der Waals surface area contributed by atoms with Crippen molar-refractivity contribution >= 4 is 39.4 Å². The number of benzene rings is 2. The highest BCUT2D eigenvalue weighted by molar-refractivity contribution is 7.18. The second-order valence-corrected chi connectivity index (χ2v) is 8.93. The average molecular weight is 440 g/mol. The number of aromatic nitrogens is 1. The predicted octanol–water partition coefficient (Wildman–Crippen LogP) is 4.37. The van der Waals surface area contributed by atoms with Crippen molar-refractivity contribution in [1.82, 2.24) is 9.88 Å². The molecule has 1 saturated heterocycles. The number of nitrogens with two attached hydrogens (primary N) is 1. The van der Waals surface area contributed by atoms with E-state index in [1.165, 1.54) is 23.9 Å². The van der Waals surface area contributed by atoms with Crippen LogP contribution in [0.2, 0.25) is 0 Å². The Balaban J connectivity index is 1.42. The van der Waals surface area contributed by atoms with Gasteiger partial charge in [-0.15, -0.1) is 0 Å². The minimum absolute atomic E-state index is 0.141. The first kappa shape index (κ1) is 21.3. The first-order valence-electron chi connectivity index (χ1n) is 10.3. The first-order valence-corrected chi connectivity index (χ1v) is 11.1. The SMILES string of the molecule is CN(C)C1CCN(c2ccc(Nc3nc(N)c(C(=O)c4cccc(F)c4)s3)cc2)CC1. The smallest absolute Gasteiger partial charge is 0.206 e. The molecular formula is C23H26FN5OS. The number of piperidine rings is 1. The number of nitrogens with zero attached hydrogens (tertiary/aromatic N) is 3. The first-order chi connectivity index (χ1) is 14.9. The number of nitrogens with one attached hydrogen (secondary N) is 1. The topological polar surface area (TPSA) is 74.5 Å². The van der Waals surface area contributed by atoms with Crippen LogP contribution in [0.4, 0.5) is 26.7 Å². The average Bonchev–Trinajstić information content (AvgIpc) is 3.13. The molecule has 0 radical (unpaired) electrons. The van der Waals surface area contributed by atoms with Gasteiger partial charge < -0.3 is 20.9 Å². The number of anilines is 4. The number of hydrogen-bond donors (Lipinski definition) is 2. The third kappa shape index (κ3) is 4.86. The number of rotatable bonds is 6. The summed E-state index contributed by atoms with van der Waals surface area (Å²) in [5.74, 6) is -0.653. The molecule has 4 rings (SSSR count). The third-order valence-electron chi connectivity index (χ3n) is 5.62. The number of carbonyl (C=O) groups is 1. The number of thiazole rings is 1. The molecule has 6 nitrogen and oxygen atoms in total. The highest BCUT2D eigenvalue weighted by Crippen LogP contribution is 2.31. The van der Waals surface area contributed by atoms with Crippen LogP contribution in [0.15, 0.2) is 48.5 Å². The number of nitrogen functional groups attached to an aromatic ring is 1. The van der Waals surface area contributed by atoms with Crippen LogP contribution in [0.1, 0.15) is 28.1 Å². The minimum Gasteiger partial charge on any atom is -0.382 e. The predicted molar refractivity (Wildman–Crippen MR) is 125 cm³/mol. The summed E-state index contributed by atoms with van der Waals surface area (Å²) in [5.41, 5.74) is 8.28. The maximum Gasteiger partial charge on any atom is 0.206 e. The lowest BCUT2D eigenvalue weighted by atomic mass is 10.0. The monoisotopic (exact) mass is 439 g/mol. The Morgan fingerprint density at radius 3 is 2.55 bits per heavy atom. The second kappa shape index (κ2) is 9.03. The lowest BCUT2D eigenvalue weighted by Crippen LogP contribution is -2.41. The molecule has 0 amide bonds. The zero-order valence-electron chi connectivity index (χ0n) is 17.6. The molecular weight excluding hydrogens is 413 g/mol. The molecule has 2 aromatic carbocycles. The van der Waals surface area contributed by atoms with Crippen molar-refractivity contribution in [3.63, 3.8) is 0 Å². The Hall–Kier alpha value is -2.97. The van der Waals surface area contributed by atoms with E-state index in [2.05, 4.69) is 46.3 Å². The molecule has 0 unspecified atom stereocenters. The summed E-state index contributed by atoms with van der Waals surface area (Å²) in [6.45, 7) is 2.09. The molecule has 162 valence electrons. The zero-order chi connectivity index (χ0) is 22.0. The molecule has 0 aliphatic carbocycles. The molecule has 3 N–H and O–H groups in total. The van der Waals surface area contributed by atoms with Crippen molar-refractivity contribution in [2.45, 2.75) is 18.9 Å². The van der Waals surface area contributed by atoms with E-state index in [0.29, 0.717) is 16.1 Å². The molecule has 1 aliphatic heterocycles. The fraction of sp³-hybridized carbons (Fsp3) is 0.304. The largest absolute Gasteiger partial charge is 0.382 e. The summed E-state index contributed by atoms with van der Waals surface area (Å²) in [4.78, 5) is 21.9. The zero-order valence-corrected chi connectivity index (χ0v) is 18.5. The maximum absolute atomic E-state index is 13.4. The van der Waals surface area contributed by atoms with Crippen molar-refractivity contribution in [3.05, 3.63) is 64.8 Å². The van der Waals surface area contributed by atoms with E-state index in [9.17, 15) is 9.18 Å². The van der Waals surface area contributed by atoms with Crippen LogP contribution in [0.5, 0.6) is 0 Å². The standard InChI is InChI=1S/C23H26FN5OS/c1-28(2)18-10-12-29(13-11-18)19-8-6-17(7-9-19)26-23-27-22(25)21(31-23)20(30)15-4-3-5-16(24)14-15/h3-9,14,18H,10-13,25H2,1-2H3,(H,26,27). The number of ketones is 1. The fourth-order valence-corrected chi connectivity index (χ4v) is 4.70. The lowest BCUT2D eigenvalue weighted by molar-refractivity contribution is 0.104. The fourth-order valence-electron chi connectivity index (χ4n) is 3.83. The summed E-state index contributed by atoms with van der Waals surface area (Å²) >= 11 is 1.16. The molecule has 0 atom stereocenters. The van der Waals surface area contributed by atoms with Crippen molar-refractivity contribution in [1.29, 1.82) is 0 Å². The van der Waals surface area contributed by atoms with E-state index in [-0.39, 0.29) is 17.2 Å². The second-order valence-electron chi connectivity index (χ2n) is 7.93. The van der Waals surface area contributed by atoms with Gasteiger partial charge in [-0.05, 0) is 63.3 Å². The third-order valence-corrected chi connectivity index (χ3v) is 6.61. The Kier molecular flexibility index (Phi) is 6.20. The molecule has 1 aliphatic rings. The van der Waals surface area contributed by atoms with E-state index in [1.807, 2.05) is 12.1 Å². The molecule has 0 bridgehead atoms. The summed E-state index contributed by atoms with van der Waals surface area (Å²) in [6, 6.07) is 14.4. The quantitative estimate of drug-likeness (QED) is 0.556. The Morgan fingerprint density at radius 1 is 1.19 bits per heavy atom. The van der Waals surface area contributed by atoms with Gasteiger partial charge in [-0.2, -0.15) is 0 Å². The van der Waals surface area contributed by atoms with Crippen LogP contribution >= 0.6 is 11.3 Å². The highest BCUT2D eigenvalue weighted by atomic mass is 32.1. The molecule has 0 spiro atoms. The van der Waals surface area contributed by atoms with Gasteiger partial charge in [0.1, 0.15) is 16.5 Å². The van der Waals surface area contributed by atoms with Crippen LogP contribution in [-0.4, -0.2) is 48.9 Å². The van der Waals surface area contributed by atoms with Crippen molar-refractivity contribution in [2.75, 3.05) is 43.1 Å². The summed E-state index contributed by atoms with van der Waals surface area (Å²) in [6.07, 6.45) is 2.32. The van der Waals surface area contributed by atoms with Crippen LogP contribution in [-0.2, 0) is 0 Å². The van der Waals surface area contributed by atoms with E-state index in [0.717, 1.165) is 43.0 Å². The van der Waals surface area contributed by atoms with Crippen LogP contribution in [0.25, 0.3) is 0 Å². The molecule has 2 heterocycles. The number of hydrogen-bond acceptors (Lipinski definition) is 7. The van der Waals surface area contributed by atoms with Gasteiger partial charge in [-0.3, -0.25) is 4.79 Å². The molecule has 3 aromatic rings. The molecule has 31 heavy (non-hydrogen) atoms. The minimum atomic E-state index is -0.460. The van der Waals surface area contributed by atoms with Crippen molar-refractivity contribution in [3.8, 4) is 0 Å². The lowest BCUT2D eigenvalue weighted by Gasteiger charge is -2.36. The van der Waals surface area contributed by atoms with Gasteiger partial charge in [0.15, 0.2) is 5.13 Å². The van der Waals surface area contributed by atoms with Gasteiger partial charge in [0.05, 0.1) is 0 Å². The molecule has 8 heteroatoms. The van der Waals surface area contributed by atoms with Crippen LogP contribution in [0.3, 0.4) is 0 Å². The van der Waals surface area contributed by atoms with Gasteiger partial charge in [0, 0.05) is 36.1 Å². The van der Waals surface area contributed by atoms with Gasteiger partial charge in [0.2, 0.25) is 5.78 Å². The van der Waals surface area contributed by atoms with Gasteiger partial charge in [-0.25, -0.2) is 9.37 Å². The highest BCUT2D eigenvalue weighted by Gasteiger charge is 2.21. The Bertz CT molecular complexity index is 1060. The van der Waals surface area contributed by atoms with Crippen molar-refractivity contribution in [2.24, 2.45) is 0 Å². The van der Waals surface area contributed by atoms with Gasteiger partial charge >= 0.3 is 0 Å². The van der Waals surface area contributed by atoms with E-state index >= 15 is 0 Å². The normalized spacial score (nSPS) is 14.8. The number of halogens is 1. The summed E-state index contributed by atoms with van der Waals surface area (Å²) in [5, 5.41) is 3.74. The molecule has 1 aromatic heterocycles. The molecule has 1 fully saturated rings. The van der Waals surface area contributed by atoms with Crippen molar-refractivity contribution < 1.29 is 9.18 Å². The van der Waals surface area contributed by atoms with Gasteiger partial charge in [0.25, 0.3) is 0 Å². The number of carbonyl (C=O) groups excluding carboxylic acids is 1. The van der Waals surface area contributed by atoms with E-state index < -0.39 is 5.82 Å². The van der Waals surface area contributed by atoms with Gasteiger partial charge in [-0.1, -0.05) is 23.5 Å². The van der Waals surface area contributed by atoms with E-state index in [1.54, 1.807) is 6.07 Å². The Morgan fingerprint density at radius 2 is 1.90 bits per heavy atom. The maximum atomic E-state index is 13.4. The summed E-state index contributed by atoms with van der Waals surface area (Å²) in [7, 11) is 4.28. The molecule has 0 saturated carbocycles. The summed E-state index contributed by atoms with van der Waals surface area (Å²) < 4.78 is 13.4. The van der Waals surface area contributed by atoms with Crippen LogP contribution in [0, 0.1) is 5.82 Å². The Labute approximate surface area is 185 Å².